The Balaban J connectivity index is 2.57. The fourth-order valence-electron chi connectivity index (χ4n) is 5.66. The van der Waals surface area contributed by atoms with Crippen LogP contribution in [-0.2, 0) is 32.7 Å². The van der Waals surface area contributed by atoms with Crippen molar-refractivity contribution in [3.05, 3.63) is 109 Å². The van der Waals surface area contributed by atoms with Gasteiger partial charge in [0.15, 0.2) is 6.10 Å². The molecule has 61 heavy (non-hydrogen) atoms. The second-order valence-corrected chi connectivity index (χ2v) is 15.8. The maximum Gasteiger partial charge on any atom is 0.472 e. The van der Waals surface area contributed by atoms with Gasteiger partial charge in [0.25, 0.3) is 0 Å². The molecule has 0 radical (unpaired) electrons. The van der Waals surface area contributed by atoms with E-state index < -0.39 is 75.7 Å². The molecule has 0 aromatic carbocycles. The van der Waals surface area contributed by atoms with E-state index in [1.807, 2.05) is 18.2 Å². The van der Waals surface area contributed by atoms with Gasteiger partial charge >= 0.3 is 19.8 Å². The van der Waals surface area contributed by atoms with Crippen molar-refractivity contribution in [3.8, 4) is 0 Å². The van der Waals surface area contributed by atoms with Crippen LogP contribution in [0.1, 0.15) is 117 Å². The summed E-state index contributed by atoms with van der Waals surface area (Å²) >= 11 is 0. The quantitative estimate of drug-likeness (QED) is 0.0160. The predicted molar refractivity (Wildman–Crippen MR) is 239 cm³/mol. The van der Waals surface area contributed by atoms with Crippen molar-refractivity contribution in [3.63, 3.8) is 0 Å². The van der Waals surface area contributed by atoms with Gasteiger partial charge in [-0.25, -0.2) is 4.57 Å². The average molecular weight is 877 g/mol. The Morgan fingerprint density at radius 3 is 1.33 bits per heavy atom. The minimum Gasteiger partial charge on any atom is -0.462 e. The fraction of sp³-hybridized carbons (Fsp3) is 0.574. The number of phosphoric ester groups is 1. The first-order valence-electron chi connectivity index (χ1n) is 21.7. The Kier molecular flexibility index (Phi) is 32.8. The third-order valence-electron chi connectivity index (χ3n) is 9.11. The van der Waals surface area contributed by atoms with E-state index in [9.17, 15) is 44.6 Å². The van der Waals surface area contributed by atoms with E-state index in [1.165, 1.54) is 0 Å². The highest BCUT2D eigenvalue weighted by Gasteiger charge is 2.51. The normalized spacial score (nSPS) is 23.1. The molecule has 14 heteroatoms. The Morgan fingerprint density at radius 2 is 0.885 bits per heavy atom. The van der Waals surface area contributed by atoms with Crippen molar-refractivity contribution in [1.82, 2.24) is 0 Å². The number of carbonyl (C=O) groups is 2. The van der Waals surface area contributed by atoms with Crippen LogP contribution in [0.3, 0.4) is 0 Å². The van der Waals surface area contributed by atoms with Gasteiger partial charge in [-0.05, 0) is 89.9 Å². The number of hydrogen-bond donors (Lipinski definition) is 6. The number of esters is 2. The number of unbranched alkanes of at least 4 members (excludes halogenated alkanes) is 3. The first-order valence-corrected chi connectivity index (χ1v) is 23.2. The summed E-state index contributed by atoms with van der Waals surface area (Å²) in [5.41, 5.74) is 0. The van der Waals surface area contributed by atoms with Gasteiger partial charge in [0.2, 0.25) is 0 Å². The minimum atomic E-state index is -5.15. The van der Waals surface area contributed by atoms with E-state index in [-0.39, 0.29) is 12.8 Å². The number of allylic oxidation sites excluding steroid dienone is 18. The summed E-state index contributed by atoms with van der Waals surface area (Å²) in [6.07, 6.45) is 35.9. The van der Waals surface area contributed by atoms with Gasteiger partial charge in [0.05, 0.1) is 6.61 Å². The Bertz CT molecular complexity index is 1480. The summed E-state index contributed by atoms with van der Waals surface area (Å²) in [6.45, 7) is 2.95. The van der Waals surface area contributed by atoms with Crippen LogP contribution in [0.4, 0.5) is 0 Å². The number of aliphatic hydroxyl groups is 5. The standard InChI is InChI=1S/C47H73O13P/c1-3-5-7-9-11-13-15-17-19-20-22-23-25-27-29-31-33-35-40(48)57-37-39(38-58-61(55,56)60-47-45(53)43(51)42(50)44(52)46(47)54)59-41(49)36-34-32-30-28-26-24-21-18-16-14-12-10-8-6-4-2/h5-8,11-14,17-19,21-23,26-29,39,42-47,50-54H,3-4,9-10,15-16,20,24-25,30-38H2,1-2H3,(H,55,56)/b7-5-,8-6-,13-11-,14-12-,19-17-,21-18-,23-22-,28-26-,29-27-/t39-,42?,43-,44?,45?,46?,47?/m1/s1. The van der Waals surface area contributed by atoms with Crippen LogP contribution in [0.2, 0.25) is 0 Å². The molecule has 0 spiro atoms. The first kappa shape index (κ1) is 55.5. The molecule has 0 amide bonds. The maximum atomic E-state index is 12.8. The van der Waals surface area contributed by atoms with Crippen LogP contribution in [0.15, 0.2) is 109 Å². The van der Waals surface area contributed by atoms with Gasteiger partial charge in [0.1, 0.15) is 43.2 Å². The van der Waals surface area contributed by atoms with Crippen molar-refractivity contribution < 1.29 is 63.1 Å². The Hall–Kier alpha value is -3.49. The number of hydrogen-bond acceptors (Lipinski definition) is 12. The first-order chi connectivity index (χ1) is 29.4. The van der Waals surface area contributed by atoms with Gasteiger partial charge in [-0.2, -0.15) is 0 Å². The zero-order chi connectivity index (χ0) is 45.0. The molecule has 0 heterocycles. The smallest absolute Gasteiger partial charge is 0.462 e. The summed E-state index contributed by atoms with van der Waals surface area (Å²) in [7, 11) is -5.15. The van der Waals surface area contributed by atoms with Gasteiger partial charge in [-0.15, -0.1) is 0 Å². The molecule has 6 unspecified atom stereocenters. The summed E-state index contributed by atoms with van der Waals surface area (Å²) < 4.78 is 33.4. The summed E-state index contributed by atoms with van der Waals surface area (Å²) in [5, 5.41) is 50.1. The molecule has 0 aromatic rings. The van der Waals surface area contributed by atoms with E-state index in [2.05, 4.69) is 105 Å². The van der Waals surface area contributed by atoms with Crippen LogP contribution in [0, 0.1) is 0 Å². The number of rotatable bonds is 33. The molecule has 6 N–H and O–H groups in total. The number of aliphatic hydroxyl groups excluding tert-OH is 5. The van der Waals surface area contributed by atoms with Crippen LogP contribution in [0.25, 0.3) is 0 Å². The number of ether oxygens (including phenoxy) is 2. The topological polar surface area (TPSA) is 210 Å². The van der Waals surface area contributed by atoms with E-state index in [0.29, 0.717) is 25.7 Å². The highest BCUT2D eigenvalue weighted by molar-refractivity contribution is 7.47. The molecule has 13 nitrogen and oxygen atoms in total. The molecular weight excluding hydrogens is 803 g/mol. The maximum absolute atomic E-state index is 12.8. The molecule has 1 aliphatic rings. The van der Waals surface area contributed by atoms with E-state index >= 15 is 0 Å². The molecule has 0 aromatic heterocycles. The molecule has 0 aliphatic heterocycles. The SMILES string of the molecule is CC/C=C\C/C=C\C/C=C\C/C=C\C/C=C\CCCC(=O)OC[C@H](COP(=O)(O)OC1C(O)C(O)C(O)[C@@H](O)C1O)OC(=O)CCCC/C=C\C/C=C\C/C=C\C/C=C\CC. The van der Waals surface area contributed by atoms with Crippen molar-refractivity contribution in [2.24, 2.45) is 0 Å². The monoisotopic (exact) mass is 876 g/mol. The van der Waals surface area contributed by atoms with Crippen LogP contribution in [-0.4, -0.2) is 98.3 Å². The lowest BCUT2D eigenvalue weighted by molar-refractivity contribution is -0.220. The lowest BCUT2D eigenvalue weighted by atomic mass is 9.85. The minimum absolute atomic E-state index is 0.0249. The zero-order valence-electron chi connectivity index (χ0n) is 36.1. The van der Waals surface area contributed by atoms with E-state index in [1.54, 1.807) is 0 Å². The number of phosphoric acid groups is 1. The molecule has 1 aliphatic carbocycles. The van der Waals surface area contributed by atoms with Crippen molar-refractivity contribution in [2.45, 2.75) is 159 Å². The molecule has 1 rings (SSSR count). The second-order valence-electron chi connectivity index (χ2n) is 14.4. The third kappa shape index (κ3) is 28.7. The molecular formula is C47H73O13P. The van der Waals surface area contributed by atoms with Crippen LogP contribution in [0.5, 0.6) is 0 Å². The second kappa shape index (κ2) is 36.0. The van der Waals surface area contributed by atoms with Crippen molar-refractivity contribution >= 4 is 19.8 Å². The summed E-state index contributed by atoms with van der Waals surface area (Å²) in [4.78, 5) is 35.6. The Labute approximate surface area is 363 Å². The average Bonchev–Trinajstić information content (AvgIpc) is 3.24. The zero-order valence-corrected chi connectivity index (χ0v) is 37.0. The fourth-order valence-corrected chi connectivity index (χ4v) is 6.64. The largest absolute Gasteiger partial charge is 0.472 e. The lowest BCUT2D eigenvalue weighted by Gasteiger charge is -2.41. The lowest BCUT2D eigenvalue weighted by Crippen LogP contribution is -2.64. The van der Waals surface area contributed by atoms with Gasteiger partial charge in [0, 0.05) is 12.8 Å². The molecule has 1 saturated carbocycles. The number of carbonyl (C=O) groups excluding carboxylic acids is 2. The molecule has 1 fully saturated rings. The van der Waals surface area contributed by atoms with Gasteiger partial charge in [-0.1, -0.05) is 123 Å². The van der Waals surface area contributed by atoms with Crippen LogP contribution >= 0.6 is 7.82 Å². The highest BCUT2D eigenvalue weighted by Crippen LogP contribution is 2.47. The molecule has 8 atom stereocenters. The molecule has 344 valence electrons. The Morgan fingerprint density at radius 1 is 0.508 bits per heavy atom. The molecule has 0 saturated heterocycles. The summed E-state index contributed by atoms with van der Waals surface area (Å²) in [6, 6.07) is 0. The predicted octanol–water partition coefficient (Wildman–Crippen LogP) is 8.05. The van der Waals surface area contributed by atoms with Gasteiger partial charge in [-0.3, -0.25) is 18.6 Å². The van der Waals surface area contributed by atoms with Crippen molar-refractivity contribution in [1.29, 1.82) is 0 Å². The van der Waals surface area contributed by atoms with E-state index in [0.717, 1.165) is 64.2 Å². The molecule has 0 bridgehead atoms. The summed E-state index contributed by atoms with van der Waals surface area (Å²) in [5.74, 6) is -1.23. The van der Waals surface area contributed by atoms with Crippen LogP contribution < -0.4 is 0 Å². The van der Waals surface area contributed by atoms with Crippen molar-refractivity contribution in [2.75, 3.05) is 13.2 Å². The van der Waals surface area contributed by atoms with Gasteiger partial charge < -0.3 is 39.9 Å². The van der Waals surface area contributed by atoms with E-state index in [4.69, 9.17) is 18.5 Å². The highest BCUT2D eigenvalue weighted by atomic mass is 31.2. The third-order valence-corrected chi connectivity index (χ3v) is 10.1.